The number of hydrogen-bond donors (Lipinski definition) is 1. The summed E-state index contributed by atoms with van der Waals surface area (Å²) in [5.41, 5.74) is 2.03. The van der Waals surface area contributed by atoms with E-state index in [1.165, 1.54) is 5.56 Å². The molecule has 21 heavy (non-hydrogen) atoms. The van der Waals surface area contributed by atoms with Gasteiger partial charge in [-0.1, -0.05) is 38.1 Å². The molecule has 0 aromatic heterocycles. The Hall–Kier alpha value is -0.910. The third-order valence-electron chi connectivity index (χ3n) is 3.98. The first kappa shape index (κ1) is 16.5. The molecule has 5 heteroatoms. The fraction of sp³-hybridized carbons (Fsp3) is 0.625. The molecule has 0 amide bonds. The number of piperidine rings is 1. The molecule has 1 aromatic carbocycles. The maximum absolute atomic E-state index is 12.6. The van der Waals surface area contributed by atoms with Crippen LogP contribution in [0.4, 0.5) is 0 Å². The van der Waals surface area contributed by atoms with E-state index in [4.69, 9.17) is 0 Å². The summed E-state index contributed by atoms with van der Waals surface area (Å²) >= 11 is 0. The molecule has 1 saturated heterocycles. The highest BCUT2D eigenvalue weighted by Crippen LogP contribution is 2.24. The molecule has 1 heterocycles. The van der Waals surface area contributed by atoms with Gasteiger partial charge in [-0.3, -0.25) is 0 Å². The molecule has 0 aliphatic carbocycles. The topological polar surface area (TPSA) is 49.4 Å². The van der Waals surface area contributed by atoms with Crippen LogP contribution in [0, 0.1) is 11.8 Å². The van der Waals surface area contributed by atoms with Crippen LogP contribution in [-0.4, -0.2) is 32.9 Å². The van der Waals surface area contributed by atoms with Gasteiger partial charge < -0.3 is 5.32 Å². The van der Waals surface area contributed by atoms with Crippen molar-refractivity contribution >= 4 is 10.0 Å². The van der Waals surface area contributed by atoms with E-state index in [2.05, 4.69) is 19.2 Å². The van der Waals surface area contributed by atoms with Gasteiger partial charge in [0.15, 0.2) is 0 Å². The Labute approximate surface area is 128 Å². The Balaban J connectivity index is 2.06. The van der Waals surface area contributed by atoms with Crippen molar-refractivity contribution in [2.24, 2.45) is 11.8 Å². The lowest BCUT2D eigenvalue weighted by Gasteiger charge is -2.34. The van der Waals surface area contributed by atoms with E-state index in [0.717, 1.165) is 18.5 Å². The van der Waals surface area contributed by atoms with Gasteiger partial charge in [-0.05, 0) is 36.4 Å². The zero-order valence-corrected chi connectivity index (χ0v) is 14.0. The predicted molar refractivity (Wildman–Crippen MR) is 86.3 cm³/mol. The van der Waals surface area contributed by atoms with Crippen molar-refractivity contribution in [3.8, 4) is 0 Å². The molecule has 1 fully saturated rings. The standard InChI is InChI=1S/C16H26N2O2S/c1-13-8-14(2)11-18(10-13)21(19,20)12-16-6-4-15(5-7-16)9-17-3/h4-7,13-14,17H,8-12H2,1-3H3. The molecule has 0 spiro atoms. The Kier molecular flexibility index (Phi) is 5.41. The monoisotopic (exact) mass is 310 g/mol. The highest BCUT2D eigenvalue weighted by molar-refractivity contribution is 7.88. The van der Waals surface area contributed by atoms with Gasteiger partial charge in [0.25, 0.3) is 0 Å². The molecule has 0 bridgehead atoms. The Morgan fingerprint density at radius 3 is 2.14 bits per heavy atom. The second-order valence-electron chi connectivity index (χ2n) is 6.37. The van der Waals surface area contributed by atoms with Crippen molar-refractivity contribution in [2.45, 2.75) is 32.6 Å². The molecule has 2 rings (SSSR count). The number of nitrogens with one attached hydrogen (secondary N) is 1. The van der Waals surface area contributed by atoms with E-state index in [1.54, 1.807) is 4.31 Å². The molecule has 1 aliphatic rings. The number of rotatable bonds is 5. The minimum atomic E-state index is -3.21. The Bertz CT molecular complexity index is 544. The summed E-state index contributed by atoms with van der Waals surface area (Å²) in [5.74, 6) is 0.995. The summed E-state index contributed by atoms with van der Waals surface area (Å²) in [6.07, 6.45) is 1.12. The van der Waals surface area contributed by atoms with E-state index in [0.29, 0.717) is 24.9 Å². The molecule has 2 unspecified atom stereocenters. The predicted octanol–water partition coefficient (Wildman–Crippen LogP) is 2.21. The van der Waals surface area contributed by atoms with Crippen molar-refractivity contribution in [1.29, 1.82) is 0 Å². The van der Waals surface area contributed by atoms with Gasteiger partial charge in [0.05, 0.1) is 5.75 Å². The van der Waals surface area contributed by atoms with Gasteiger partial charge in [-0.25, -0.2) is 12.7 Å². The highest BCUT2D eigenvalue weighted by Gasteiger charge is 2.30. The minimum Gasteiger partial charge on any atom is -0.316 e. The molecule has 1 aliphatic heterocycles. The average Bonchev–Trinajstić information content (AvgIpc) is 2.40. The van der Waals surface area contributed by atoms with E-state index < -0.39 is 10.0 Å². The minimum absolute atomic E-state index is 0.103. The normalized spacial score (nSPS) is 24.1. The van der Waals surface area contributed by atoms with Crippen LogP contribution in [0.2, 0.25) is 0 Å². The van der Waals surface area contributed by atoms with Crippen LogP contribution >= 0.6 is 0 Å². The fourth-order valence-corrected chi connectivity index (χ4v) is 4.85. The summed E-state index contributed by atoms with van der Waals surface area (Å²) < 4.78 is 26.8. The fourth-order valence-electron chi connectivity index (χ4n) is 3.09. The van der Waals surface area contributed by atoms with Crippen molar-refractivity contribution in [3.63, 3.8) is 0 Å². The summed E-state index contributed by atoms with van der Waals surface area (Å²) in [4.78, 5) is 0. The van der Waals surface area contributed by atoms with Crippen molar-refractivity contribution in [3.05, 3.63) is 35.4 Å². The molecule has 1 aromatic rings. The van der Waals surface area contributed by atoms with Crippen LogP contribution in [0.1, 0.15) is 31.4 Å². The van der Waals surface area contributed by atoms with Crippen LogP contribution in [0.15, 0.2) is 24.3 Å². The molecular weight excluding hydrogens is 284 g/mol. The van der Waals surface area contributed by atoms with Crippen LogP contribution in [-0.2, 0) is 22.3 Å². The van der Waals surface area contributed by atoms with E-state index in [-0.39, 0.29) is 5.75 Å². The van der Waals surface area contributed by atoms with E-state index in [9.17, 15) is 8.42 Å². The van der Waals surface area contributed by atoms with Gasteiger partial charge in [-0.15, -0.1) is 0 Å². The first-order valence-corrected chi connectivity index (χ1v) is 9.22. The summed E-state index contributed by atoms with van der Waals surface area (Å²) in [6.45, 7) is 6.37. The van der Waals surface area contributed by atoms with Crippen LogP contribution < -0.4 is 5.32 Å². The van der Waals surface area contributed by atoms with Crippen molar-refractivity contribution < 1.29 is 8.42 Å². The maximum atomic E-state index is 12.6. The van der Waals surface area contributed by atoms with Crippen LogP contribution in [0.3, 0.4) is 0 Å². The molecule has 0 saturated carbocycles. The second kappa shape index (κ2) is 6.90. The zero-order valence-electron chi connectivity index (χ0n) is 13.2. The van der Waals surface area contributed by atoms with Crippen molar-refractivity contribution in [1.82, 2.24) is 9.62 Å². The van der Waals surface area contributed by atoms with Gasteiger partial charge >= 0.3 is 0 Å². The Morgan fingerprint density at radius 2 is 1.62 bits per heavy atom. The highest BCUT2D eigenvalue weighted by atomic mass is 32.2. The lowest BCUT2D eigenvalue weighted by molar-refractivity contribution is 0.222. The summed E-state index contributed by atoms with van der Waals surface area (Å²) in [5, 5.41) is 3.09. The average molecular weight is 310 g/mol. The van der Waals surface area contributed by atoms with E-state index in [1.807, 2.05) is 31.3 Å². The number of sulfonamides is 1. The number of hydrogen-bond acceptors (Lipinski definition) is 3. The molecule has 2 atom stereocenters. The van der Waals surface area contributed by atoms with Crippen molar-refractivity contribution in [2.75, 3.05) is 20.1 Å². The molecule has 118 valence electrons. The molecular formula is C16H26N2O2S. The Morgan fingerprint density at radius 1 is 1.10 bits per heavy atom. The van der Waals surface area contributed by atoms with Crippen LogP contribution in [0.5, 0.6) is 0 Å². The third kappa shape index (κ3) is 4.53. The quantitative estimate of drug-likeness (QED) is 0.907. The lowest BCUT2D eigenvalue weighted by Crippen LogP contribution is -2.43. The molecule has 4 nitrogen and oxygen atoms in total. The number of benzene rings is 1. The zero-order chi connectivity index (χ0) is 15.5. The lowest BCUT2D eigenvalue weighted by atomic mass is 9.94. The first-order chi connectivity index (χ1) is 9.90. The largest absolute Gasteiger partial charge is 0.316 e. The number of nitrogens with zero attached hydrogens (tertiary/aromatic N) is 1. The molecule has 1 N–H and O–H groups in total. The first-order valence-electron chi connectivity index (χ1n) is 7.61. The van der Waals surface area contributed by atoms with Gasteiger partial charge in [0.1, 0.15) is 0 Å². The second-order valence-corrected chi connectivity index (χ2v) is 8.33. The van der Waals surface area contributed by atoms with Gasteiger partial charge in [0, 0.05) is 19.6 Å². The van der Waals surface area contributed by atoms with Gasteiger partial charge in [0.2, 0.25) is 10.0 Å². The smallest absolute Gasteiger partial charge is 0.218 e. The SMILES string of the molecule is CNCc1ccc(CS(=O)(=O)N2CC(C)CC(C)C2)cc1. The summed E-state index contributed by atoms with van der Waals surface area (Å²) in [7, 11) is -1.31. The third-order valence-corrected chi connectivity index (χ3v) is 5.76. The maximum Gasteiger partial charge on any atom is 0.218 e. The van der Waals surface area contributed by atoms with Gasteiger partial charge in [-0.2, -0.15) is 0 Å². The van der Waals surface area contributed by atoms with E-state index >= 15 is 0 Å². The molecule has 0 radical (unpaired) electrons. The summed E-state index contributed by atoms with van der Waals surface area (Å²) in [6, 6.07) is 7.81. The van der Waals surface area contributed by atoms with Crippen LogP contribution in [0.25, 0.3) is 0 Å².